The number of halogens is 1. The van der Waals surface area contributed by atoms with Crippen LogP contribution < -0.4 is 4.72 Å². The zero-order valence-corrected chi connectivity index (χ0v) is 13.0. The molecule has 0 spiro atoms. The average Bonchev–Trinajstić information content (AvgIpc) is 2.91. The van der Waals surface area contributed by atoms with Crippen LogP contribution in [-0.4, -0.2) is 19.9 Å². The number of nitro groups is 1. The molecule has 0 atom stereocenters. The highest BCUT2D eigenvalue weighted by molar-refractivity contribution is 7.89. The van der Waals surface area contributed by atoms with Gasteiger partial charge in [0.2, 0.25) is 10.0 Å². The third kappa shape index (κ3) is 4.15. The summed E-state index contributed by atoms with van der Waals surface area (Å²) in [5.41, 5.74) is -0.296. The van der Waals surface area contributed by atoms with E-state index in [4.69, 9.17) is 11.6 Å². The van der Waals surface area contributed by atoms with Crippen LogP contribution in [0.5, 0.6) is 0 Å². The van der Waals surface area contributed by atoms with Gasteiger partial charge in [-0.3, -0.25) is 10.1 Å². The van der Waals surface area contributed by atoms with Gasteiger partial charge >= 0.3 is 0 Å². The van der Waals surface area contributed by atoms with Gasteiger partial charge in [-0.05, 0) is 18.4 Å². The zero-order valence-electron chi connectivity index (χ0n) is 11.4. The molecule has 1 aromatic rings. The maximum atomic E-state index is 12.2. The molecule has 0 saturated heterocycles. The fourth-order valence-electron chi connectivity index (χ4n) is 2.59. The van der Waals surface area contributed by atoms with E-state index in [-0.39, 0.29) is 15.6 Å². The molecule has 1 N–H and O–H groups in total. The smallest absolute Gasteiger partial charge is 0.258 e. The first-order valence-electron chi connectivity index (χ1n) is 6.84. The van der Waals surface area contributed by atoms with Gasteiger partial charge < -0.3 is 0 Å². The summed E-state index contributed by atoms with van der Waals surface area (Å²) < 4.78 is 26.8. The molecule has 0 unspecified atom stereocenters. The van der Waals surface area contributed by atoms with E-state index in [9.17, 15) is 18.5 Å². The molecule has 0 aromatic heterocycles. The van der Waals surface area contributed by atoms with E-state index in [0.29, 0.717) is 12.5 Å². The largest absolute Gasteiger partial charge is 0.270 e. The molecule has 0 bridgehead atoms. The predicted octanol–water partition coefficient (Wildman–Crippen LogP) is 3.11. The third-order valence-electron chi connectivity index (χ3n) is 3.73. The molecule has 1 aliphatic carbocycles. The lowest BCUT2D eigenvalue weighted by Gasteiger charge is -2.11. The van der Waals surface area contributed by atoms with Gasteiger partial charge in [0.05, 0.1) is 9.95 Å². The minimum atomic E-state index is -3.83. The second-order valence-electron chi connectivity index (χ2n) is 5.21. The van der Waals surface area contributed by atoms with Crippen LogP contribution in [-0.2, 0) is 10.0 Å². The number of benzene rings is 1. The van der Waals surface area contributed by atoms with Crippen LogP contribution in [0.25, 0.3) is 0 Å². The number of rotatable bonds is 6. The summed E-state index contributed by atoms with van der Waals surface area (Å²) >= 11 is 5.85. The van der Waals surface area contributed by atoms with Crippen LogP contribution >= 0.6 is 11.6 Å². The Kier molecular flexibility index (Phi) is 5.18. The van der Waals surface area contributed by atoms with Crippen LogP contribution in [0.2, 0.25) is 5.02 Å². The Morgan fingerprint density at radius 1 is 1.33 bits per heavy atom. The number of hydrogen-bond donors (Lipinski definition) is 1. The molecule has 0 aliphatic heterocycles. The van der Waals surface area contributed by atoms with Crippen molar-refractivity contribution in [3.8, 4) is 0 Å². The summed E-state index contributed by atoms with van der Waals surface area (Å²) in [6.07, 6.45) is 5.46. The Hall–Kier alpha value is -1.18. The van der Waals surface area contributed by atoms with Gasteiger partial charge in [0.15, 0.2) is 0 Å². The molecule has 1 saturated carbocycles. The summed E-state index contributed by atoms with van der Waals surface area (Å²) in [4.78, 5) is 9.84. The predicted molar refractivity (Wildman–Crippen MR) is 79.9 cm³/mol. The van der Waals surface area contributed by atoms with Crippen LogP contribution in [0.15, 0.2) is 23.1 Å². The van der Waals surface area contributed by atoms with E-state index < -0.39 is 14.9 Å². The summed E-state index contributed by atoms with van der Waals surface area (Å²) in [6, 6.07) is 3.39. The fourth-order valence-corrected chi connectivity index (χ4v) is 4.15. The Morgan fingerprint density at radius 3 is 2.62 bits per heavy atom. The van der Waals surface area contributed by atoms with Crippen LogP contribution in [0, 0.1) is 16.0 Å². The molecule has 21 heavy (non-hydrogen) atoms. The molecule has 0 amide bonds. The second kappa shape index (κ2) is 6.72. The first-order valence-corrected chi connectivity index (χ1v) is 8.70. The average molecular weight is 333 g/mol. The molecule has 1 aromatic carbocycles. The second-order valence-corrected chi connectivity index (χ2v) is 7.35. The molecular formula is C13H17ClN2O4S. The summed E-state index contributed by atoms with van der Waals surface area (Å²) in [5.74, 6) is 0.563. The van der Waals surface area contributed by atoms with Crippen LogP contribution in [0.1, 0.15) is 32.1 Å². The van der Waals surface area contributed by atoms with Gasteiger partial charge in [-0.25, -0.2) is 13.1 Å². The molecule has 1 aliphatic rings. The SMILES string of the molecule is O=[N+]([O-])c1ccc(Cl)c(S(=O)(=O)NCCC2CCCC2)c1. The Balaban J connectivity index is 2.07. The third-order valence-corrected chi connectivity index (χ3v) is 5.68. The lowest BCUT2D eigenvalue weighted by Crippen LogP contribution is -2.26. The van der Waals surface area contributed by atoms with Crippen molar-refractivity contribution >= 4 is 27.3 Å². The fraction of sp³-hybridized carbons (Fsp3) is 0.538. The summed E-state index contributed by atoms with van der Waals surface area (Å²) in [5, 5.41) is 10.7. The normalized spacial score (nSPS) is 16.2. The molecule has 0 radical (unpaired) electrons. The first kappa shape index (κ1) is 16.2. The molecular weight excluding hydrogens is 316 g/mol. The van der Waals surface area contributed by atoms with Gasteiger partial charge in [-0.15, -0.1) is 0 Å². The number of nitrogens with zero attached hydrogens (tertiary/aromatic N) is 1. The molecule has 6 nitrogen and oxygen atoms in total. The monoisotopic (exact) mass is 332 g/mol. The molecule has 0 heterocycles. The van der Waals surface area contributed by atoms with Crippen LogP contribution in [0.4, 0.5) is 5.69 Å². The van der Waals surface area contributed by atoms with E-state index in [1.54, 1.807) is 0 Å². The van der Waals surface area contributed by atoms with Crippen molar-refractivity contribution in [2.45, 2.75) is 37.0 Å². The highest BCUT2D eigenvalue weighted by Gasteiger charge is 2.22. The zero-order chi connectivity index (χ0) is 15.5. The Morgan fingerprint density at radius 2 is 2.00 bits per heavy atom. The topological polar surface area (TPSA) is 89.3 Å². The highest BCUT2D eigenvalue weighted by atomic mass is 35.5. The standard InChI is InChI=1S/C13H17ClN2O4S/c14-12-6-5-11(16(17)18)9-13(12)21(19,20)15-8-7-10-3-1-2-4-10/h5-6,9-10,15H,1-4,7-8H2. The lowest BCUT2D eigenvalue weighted by molar-refractivity contribution is -0.385. The van der Waals surface area contributed by atoms with Crippen LogP contribution in [0.3, 0.4) is 0 Å². The van der Waals surface area contributed by atoms with Gasteiger partial charge in [-0.2, -0.15) is 0 Å². The minimum absolute atomic E-state index is 0.0195. The van der Waals surface area contributed by atoms with Gasteiger partial charge in [-0.1, -0.05) is 37.3 Å². The van der Waals surface area contributed by atoms with Gasteiger partial charge in [0.1, 0.15) is 4.90 Å². The summed E-state index contributed by atoms with van der Waals surface area (Å²) in [7, 11) is -3.83. The highest BCUT2D eigenvalue weighted by Crippen LogP contribution is 2.28. The minimum Gasteiger partial charge on any atom is -0.258 e. The van der Waals surface area contributed by atoms with Crippen molar-refractivity contribution in [3.05, 3.63) is 33.3 Å². The number of nitro benzene ring substituents is 1. The van der Waals surface area contributed by atoms with Crippen molar-refractivity contribution in [2.75, 3.05) is 6.54 Å². The van der Waals surface area contributed by atoms with Crippen molar-refractivity contribution < 1.29 is 13.3 Å². The first-order chi connectivity index (χ1) is 9.90. The molecule has 1 fully saturated rings. The maximum absolute atomic E-state index is 12.2. The number of hydrogen-bond acceptors (Lipinski definition) is 4. The van der Waals surface area contributed by atoms with E-state index in [0.717, 1.165) is 25.3 Å². The molecule has 8 heteroatoms. The van der Waals surface area contributed by atoms with E-state index in [2.05, 4.69) is 4.72 Å². The Labute approximate surface area is 128 Å². The van der Waals surface area contributed by atoms with Crippen molar-refractivity contribution in [1.82, 2.24) is 4.72 Å². The van der Waals surface area contributed by atoms with Crippen molar-refractivity contribution in [3.63, 3.8) is 0 Å². The molecule has 116 valence electrons. The Bertz CT molecular complexity index is 627. The van der Waals surface area contributed by atoms with Crippen molar-refractivity contribution in [2.24, 2.45) is 5.92 Å². The number of non-ortho nitro benzene ring substituents is 1. The number of nitrogens with one attached hydrogen (secondary N) is 1. The van der Waals surface area contributed by atoms with Gasteiger partial charge in [0.25, 0.3) is 5.69 Å². The lowest BCUT2D eigenvalue weighted by atomic mass is 10.1. The number of sulfonamides is 1. The van der Waals surface area contributed by atoms with Crippen molar-refractivity contribution in [1.29, 1.82) is 0 Å². The van der Waals surface area contributed by atoms with Gasteiger partial charge in [0, 0.05) is 18.7 Å². The summed E-state index contributed by atoms with van der Waals surface area (Å²) in [6.45, 7) is 0.325. The quantitative estimate of drug-likeness (QED) is 0.640. The maximum Gasteiger partial charge on any atom is 0.270 e. The molecule has 2 rings (SSSR count). The van der Waals surface area contributed by atoms with E-state index in [1.807, 2.05) is 0 Å². The van der Waals surface area contributed by atoms with E-state index in [1.165, 1.54) is 25.0 Å². The van der Waals surface area contributed by atoms with E-state index >= 15 is 0 Å².